The highest BCUT2D eigenvalue weighted by Crippen LogP contribution is 2.39. The lowest BCUT2D eigenvalue weighted by atomic mass is 9.76. The number of sulfone groups is 1. The van der Waals surface area contributed by atoms with Crippen molar-refractivity contribution >= 4 is 27.7 Å². The molecule has 1 spiro atoms. The predicted molar refractivity (Wildman–Crippen MR) is 115 cm³/mol. The standard InChI is InChI=1S/C22H29N3O5S/c1-2-3-12-24(17-10-13-31(29,30)15-17)19(26)14-25-20(27)22(23-21(25)28)11-6-8-16-7-4-5-9-18(16)22/h4-5,7,9,17H,2-3,6,8,10-15H2,1H3,(H,23,28)/t17-,22+/m0/s1. The van der Waals surface area contributed by atoms with Crippen LogP contribution in [0, 0.1) is 0 Å². The summed E-state index contributed by atoms with van der Waals surface area (Å²) >= 11 is 0. The lowest BCUT2D eigenvalue weighted by Gasteiger charge is -2.33. The van der Waals surface area contributed by atoms with Crippen molar-refractivity contribution < 1.29 is 22.8 Å². The molecule has 1 aromatic carbocycles. The molecular formula is C22H29N3O5S. The molecule has 2 atom stereocenters. The van der Waals surface area contributed by atoms with Gasteiger partial charge in [0.05, 0.1) is 11.5 Å². The predicted octanol–water partition coefficient (Wildman–Crippen LogP) is 1.59. The largest absolute Gasteiger partial charge is 0.337 e. The first kappa shape index (κ1) is 21.8. The van der Waals surface area contributed by atoms with Crippen LogP contribution in [0.2, 0.25) is 0 Å². The van der Waals surface area contributed by atoms with Crippen LogP contribution in [0.3, 0.4) is 0 Å². The molecule has 2 saturated heterocycles. The number of hydrogen-bond donors (Lipinski definition) is 1. The molecule has 8 nitrogen and oxygen atoms in total. The molecule has 9 heteroatoms. The van der Waals surface area contributed by atoms with Crippen molar-refractivity contribution in [3.8, 4) is 0 Å². The van der Waals surface area contributed by atoms with Crippen molar-refractivity contribution in [2.75, 3.05) is 24.6 Å². The lowest BCUT2D eigenvalue weighted by Crippen LogP contribution is -2.49. The molecule has 0 radical (unpaired) electrons. The fraction of sp³-hybridized carbons (Fsp3) is 0.591. The molecular weight excluding hydrogens is 418 g/mol. The van der Waals surface area contributed by atoms with Crippen molar-refractivity contribution in [2.24, 2.45) is 0 Å². The Morgan fingerprint density at radius 3 is 2.77 bits per heavy atom. The van der Waals surface area contributed by atoms with Gasteiger partial charge in [-0.1, -0.05) is 37.6 Å². The number of rotatable bonds is 6. The van der Waals surface area contributed by atoms with Gasteiger partial charge in [-0.25, -0.2) is 13.2 Å². The molecule has 3 aliphatic rings. The third-order valence-electron chi connectivity index (χ3n) is 6.67. The third-order valence-corrected chi connectivity index (χ3v) is 8.42. The number of benzene rings is 1. The Morgan fingerprint density at radius 1 is 1.29 bits per heavy atom. The number of carbonyl (C=O) groups excluding carboxylic acids is 3. The number of carbonyl (C=O) groups is 3. The second-order valence-corrected chi connectivity index (χ2v) is 11.0. The van der Waals surface area contributed by atoms with Crippen LogP contribution in [0.25, 0.3) is 0 Å². The van der Waals surface area contributed by atoms with Crippen molar-refractivity contribution in [1.29, 1.82) is 0 Å². The maximum absolute atomic E-state index is 13.4. The summed E-state index contributed by atoms with van der Waals surface area (Å²) in [6.45, 7) is 2.05. The molecule has 2 fully saturated rings. The normalized spacial score (nSPS) is 26.7. The molecule has 2 aliphatic heterocycles. The number of nitrogens with zero attached hydrogens (tertiary/aromatic N) is 2. The van der Waals surface area contributed by atoms with E-state index in [4.69, 9.17) is 0 Å². The first-order valence-corrected chi connectivity index (χ1v) is 12.8. The number of aryl methyl sites for hydroxylation is 1. The van der Waals surface area contributed by atoms with E-state index >= 15 is 0 Å². The second-order valence-electron chi connectivity index (χ2n) is 8.74. The van der Waals surface area contributed by atoms with Crippen LogP contribution >= 0.6 is 0 Å². The van der Waals surface area contributed by atoms with Crippen molar-refractivity contribution in [3.05, 3.63) is 35.4 Å². The molecule has 0 bridgehead atoms. The summed E-state index contributed by atoms with van der Waals surface area (Å²) in [5.74, 6) is -0.760. The minimum absolute atomic E-state index is 0.0556. The molecule has 31 heavy (non-hydrogen) atoms. The number of imide groups is 1. The van der Waals surface area contributed by atoms with E-state index in [1.165, 1.54) is 0 Å². The first-order valence-electron chi connectivity index (χ1n) is 11.0. The van der Waals surface area contributed by atoms with E-state index < -0.39 is 33.4 Å². The highest BCUT2D eigenvalue weighted by molar-refractivity contribution is 7.91. The SMILES string of the molecule is CCCCN(C(=O)CN1C(=O)N[C@@]2(CCCc3ccccc32)C1=O)[C@H]1CCS(=O)(=O)C1. The number of urea groups is 1. The van der Waals surface area contributed by atoms with E-state index in [0.29, 0.717) is 19.4 Å². The van der Waals surface area contributed by atoms with Crippen LogP contribution in [-0.4, -0.2) is 66.7 Å². The minimum Gasteiger partial charge on any atom is -0.337 e. The van der Waals surface area contributed by atoms with Gasteiger partial charge in [0.15, 0.2) is 9.84 Å². The van der Waals surface area contributed by atoms with Gasteiger partial charge in [-0.3, -0.25) is 14.5 Å². The maximum atomic E-state index is 13.4. The number of fused-ring (bicyclic) bond motifs is 2. The highest BCUT2D eigenvalue weighted by atomic mass is 32.2. The van der Waals surface area contributed by atoms with Gasteiger partial charge >= 0.3 is 6.03 Å². The molecule has 168 valence electrons. The Hall–Kier alpha value is -2.42. The van der Waals surface area contributed by atoms with Gasteiger partial charge in [0.2, 0.25) is 5.91 Å². The second kappa shape index (κ2) is 8.26. The Labute approximate surface area is 182 Å². The van der Waals surface area contributed by atoms with Crippen molar-refractivity contribution in [2.45, 2.75) is 57.0 Å². The van der Waals surface area contributed by atoms with E-state index in [9.17, 15) is 22.8 Å². The Morgan fingerprint density at radius 2 is 2.06 bits per heavy atom. The molecule has 1 aliphatic carbocycles. The summed E-state index contributed by atoms with van der Waals surface area (Å²) in [5.41, 5.74) is 0.729. The summed E-state index contributed by atoms with van der Waals surface area (Å²) in [7, 11) is -3.16. The Kier molecular flexibility index (Phi) is 5.81. The van der Waals surface area contributed by atoms with E-state index in [1.807, 2.05) is 31.2 Å². The fourth-order valence-electron chi connectivity index (χ4n) is 5.04. The highest BCUT2D eigenvalue weighted by Gasteiger charge is 2.54. The summed E-state index contributed by atoms with van der Waals surface area (Å²) in [5, 5.41) is 2.87. The molecule has 4 amide bonds. The summed E-state index contributed by atoms with van der Waals surface area (Å²) in [4.78, 5) is 42.0. The third kappa shape index (κ3) is 3.95. The average Bonchev–Trinajstić information content (AvgIpc) is 3.21. The van der Waals surface area contributed by atoms with Crippen molar-refractivity contribution in [3.63, 3.8) is 0 Å². The molecule has 1 aromatic rings. The van der Waals surface area contributed by atoms with Gasteiger partial charge in [-0.05, 0) is 43.2 Å². The zero-order valence-corrected chi connectivity index (χ0v) is 18.6. The van der Waals surface area contributed by atoms with Crippen LogP contribution in [0.15, 0.2) is 24.3 Å². The summed E-state index contributed by atoms with van der Waals surface area (Å²) < 4.78 is 23.9. The van der Waals surface area contributed by atoms with Crippen LogP contribution in [0.5, 0.6) is 0 Å². The number of hydrogen-bond acceptors (Lipinski definition) is 5. The first-order chi connectivity index (χ1) is 14.8. The molecule has 0 saturated carbocycles. The molecule has 1 N–H and O–H groups in total. The Balaban J connectivity index is 1.55. The van der Waals surface area contributed by atoms with Crippen LogP contribution in [0.4, 0.5) is 4.79 Å². The van der Waals surface area contributed by atoms with Gasteiger partial charge in [0.25, 0.3) is 5.91 Å². The number of nitrogens with one attached hydrogen (secondary N) is 1. The zero-order chi connectivity index (χ0) is 22.2. The van der Waals surface area contributed by atoms with Crippen LogP contribution < -0.4 is 5.32 Å². The Bertz CT molecular complexity index is 1010. The fourth-order valence-corrected chi connectivity index (χ4v) is 6.77. The quantitative estimate of drug-likeness (QED) is 0.667. The van der Waals surface area contributed by atoms with E-state index in [0.717, 1.165) is 41.7 Å². The number of unbranched alkanes of at least 4 members (excludes halogenated alkanes) is 1. The van der Waals surface area contributed by atoms with Gasteiger partial charge in [0.1, 0.15) is 12.1 Å². The van der Waals surface area contributed by atoms with Gasteiger partial charge in [-0.15, -0.1) is 0 Å². The topological polar surface area (TPSA) is 104 Å². The lowest BCUT2D eigenvalue weighted by molar-refractivity contribution is -0.140. The van der Waals surface area contributed by atoms with Crippen LogP contribution in [-0.2, 0) is 31.4 Å². The number of amides is 4. The molecule has 0 unspecified atom stereocenters. The minimum atomic E-state index is -3.16. The van der Waals surface area contributed by atoms with E-state index in [-0.39, 0.29) is 24.0 Å². The molecule has 2 heterocycles. The maximum Gasteiger partial charge on any atom is 0.325 e. The van der Waals surface area contributed by atoms with E-state index in [2.05, 4.69) is 5.32 Å². The smallest absolute Gasteiger partial charge is 0.325 e. The average molecular weight is 448 g/mol. The van der Waals surface area contributed by atoms with Crippen LogP contribution in [0.1, 0.15) is 50.2 Å². The van der Waals surface area contributed by atoms with Gasteiger partial charge in [-0.2, -0.15) is 0 Å². The zero-order valence-electron chi connectivity index (χ0n) is 17.8. The van der Waals surface area contributed by atoms with Gasteiger partial charge in [0, 0.05) is 12.6 Å². The van der Waals surface area contributed by atoms with Crippen molar-refractivity contribution in [1.82, 2.24) is 15.1 Å². The monoisotopic (exact) mass is 447 g/mol. The van der Waals surface area contributed by atoms with Gasteiger partial charge < -0.3 is 10.2 Å². The van der Waals surface area contributed by atoms with E-state index in [1.54, 1.807) is 4.90 Å². The molecule has 0 aromatic heterocycles. The summed E-state index contributed by atoms with van der Waals surface area (Å²) in [6.07, 6.45) is 4.11. The molecule has 4 rings (SSSR count). The summed E-state index contributed by atoms with van der Waals surface area (Å²) in [6, 6.07) is 6.65.